The number of hydrogen-bond acceptors (Lipinski definition) is 1. The minimum atomic E-state index is -1.36. The SMILES string of the molecule is C[Si](C)(C)C1=C/C(=C\c2ccc(O)cc2)C([Si](C)(C)C)=C1. The van der Waals surface area contributed by atoms with Crippen LogP contribution in [-0.4, -0.2) is 21.3 Å². The Morgan fingerprint density at radius 3 is 1.86 bits per heavy atom. The molecule has 0 atom stereocenters. The van der Waals surface area contributed by atoms with Crippen molar-refractivity contribution in [2.45, 2.75) is 39.3 Å². The average molecular weight is 315 g/mol. The van der Waals surface area contributed by atoms with E-state index in [-0.39, 0.29) is 0 Å². The van der Waals surface area contributed by atoms with Gasteiger partial charge in [-0.2, -0.15) is 0 Å². The Balaban J connectivity index is 2.47. The summed E-state index contributed by atoms with van der Waals surface area (Å²) in [7, 11) is -2.65. The second-order valence-corrected chi connectivity index (χ2v) is 18.0. The summed E-state index contributed by atoms with van der Waals surface area (Å²) in [6.07, 6.45) is 7.12. The highest BCUT2D eigenvalue weighted by atomic mass is 28.3. The van der Waals surface area contributed by atoms with Gasteiger partial charge in [-0.15, -0.1) is 0 Å². The lowest BCUT2D eigenvalue weighted by molar-refractivity contribution is 0.475. The number of allylic oxidation sites excluding steroid dienone is 5. The van der Waals surface area contributed by atoms with Crippen molar-refractivity contribution in [1.82, 2.24) is 0 Å². The van der Waals surface area contributed by atoms with Crippen LogP contribution in [0.15, 0.2) is 52.4 Å². The number of hydrogen-bond donors (Lipinski definition) is 1. The Kier molecular flexibility index (Phi) is 4.18. The minimum Gasteiger partial charge on any atom is -0.508 e. The van der Waals surface area contributed by atoms with Crippen molar-refractivity contribution in [1.29, 1.82) is 0 Å². The van der Waals surface area contributed by atoms with Gasteiger partial charge in [0.05, 0.1) is 16.1 Å². The average Bonchev–Trinajstić information content (AvgIpc) is 2.75. The molecule has 0 saturated carbocycles. The summed E-state index contributed by atoms with van der Waals surface area (Å²) in [5.41, 5.74) is 2.53. The summed E-state index contributed by atoms with van der Waals surface area (Å²) in [5, 5.41) is 12.5. The Labute approximate surface area is 130 Å². The van der Waals surface area contributed by atoms with E-state index in [4.69, 9.17) is 0 Å². The molecule has 0 aliphatic heterocycles. The van der Waals surface area contributed by atoms with Crippen molar-refractivity contribution < 1.29 is 5.11 Å². The lowest BCUT2D eigenvalue weighted by Gasteiger charge is -2.20. The van der Waals surface area contributed by atoms with E-state index in [9.17, 15) is 5.11 Å². The van der Waals surface area contributed by atoms with Crippen LogP contribution >= 0.6 is 0 Å². The van der Waals surface area contributed by atoms with Crippen LogP contribution in [0.1, 0.15) is 5.56 Å². The topological polar surface area (TPSA) is 20.2 Å². The third kappa shape index (κ3) is 3.86. The maximum Gasteiger partial charge on any atom is 0.115 e. The maximum absolute atomic E-state index is 9.42. The largest absolute Gasteiger partial charge is 0.508 e. The molecule has 0 amide bonds. The van der Waals surface area contributed by atoms with E-state index in [2.05, 4.69) is 57.5 Å². The van der Waals surface area contributed by atoms with Gasteiger partial charge in [0.2, 0.25) is 0 Å². The zero-order chi connectivity index (χ0) is 15.8. The van der Waals surface area contributed by atoms with E-state index in [0.29, 0.717) is 5.75 Å². The molecule has 0 bridgehead atoms. The van der Waals surface area contributed by atoms with Crippen LogP contribution in [0, 0.1) is 0 Å². The van der Waals surface area contributed by atoms with Crippen LogP contribution in [0.3, 0.4) is 0 Å². The molecule has 1 nitrogen and oxygen atoms in total. The third-order valence-corrected chi connectivity index (χ3v) is 7.88. The van der Waals surface area contributed by atoms with Gasteiger partial charge in [0.25, 0.3) is 0 Å². The van der Waals surface area contributed by atoms with Gasteiger partial charge in [0.15, 0.2) is 0 Å². The predicted molar refractivity (Wildman–Crippen MR) is 98.9 cm³/mol. The van der Waals surface area contributed by atoms with Gasteiger partial charge >= 0.3 is 0 Å². The molecule has 1 aliphatic carbocycles. The first-order valence-corrected chi connectivity index (χ1v) is 14.5. The van der Waals surface area contributed by atoms with Gasteiger partial charge < -0.3 is 5.11 Å². The molecule has 3 heteroatoms. The van der Waals surface area contributed by atoms with E-state index in [0.717, 1.165) is 5.56 Å². The molecule has 0 spiro atoms. The van der Waals surface area contributed by atoms with Gasteiger partial charge in [-0.1, -0.05) is 74.0 Å². The first kappa shape index (κ1) is 16.1. The molecule has 0 radical (unpaired) electrons. The smallest absolute Gasteiger partial charge is 0.115 e. The molecule has 21 heavy (non-hydrogen) atoms. The van der Waals surface area contributed by atoms with Crippen LogP contribution < -0.4 is 0 Å². The van der Waals surface area contributed by atoms with Crippen LogP contribution in [-0.2, 0) is 0 Å². The highest BCUT2D eigenvalue weighted by Crippen LogP contribution is 2.36. The van der Waals surface area contributed by atoms with Crippen molar-refractivity contribution in [2.24, 2.45) is 0 Å². The Morgan fingerprint density at radius 1 is 0.810 bits per heavy atom. The van der Waals surface area contributed by atoms with Crippen molar-refractivity contribution in [2.75, 3.05) is 0 Å². The van der Waals surface area contributed by atoms with Gasteiger partial charge in [0.1, 0.15) is 5.75 Å². The summed E-state index contributed by atoms with van der Waals surface area (Å²) in [6, 6.07) is 7.46. The van der Waals surface area contributed by atoms with E-state index in [1.807, 2.05) is 12.1 Å². The molecule has 112 valence electrons. The highest BCUT2D eigenvalue weighted by Gasteiger charge is 2.29. The van der Waals surface area contributed by atoms with Crippen LogP contribution in [0.2, 0.25) is 39.3 Å². The fraction of sp³-hybridized carbons (Fsp3) is 0.333. The normalized spacial score (nSPS) is 17.9. The van der Waals surface area contributed by atoms with E-state index in [1.54, 1.807) is 22.5 Å². The standard InChI is InChI=1S/C18H26OSi2/c1-20(2,3)17-12-15(18(13-17)21(4,5)6)11-14-7-9-16(19)10-8-14/h7-13,19H,1-6H3/b15-11+. The zero-order valence-corrected chi connectivity index (χ0v) is 16.0. The fourth-order valence-electron chi connectivity index (χ4n) is 2.48. The number of rotatable bonds is 3. The molecular weight excluding hydrogens is 288 g/mol. The van der Waals surface area contributed by atoms with Crippen molar-refractivity contribution in [3.8, 4) is 5.75 Å². The van der Waals surface area contributed by atoms with Gasteiger partial charge in [-0.05, 0) is 29.3 Å². The first-order valence-electron chi connectivity index (χ1n) is 7.53. The van der Waals surface area contributed by atoms with Crippen LogP contribution in [0.4, 0.5) is 0 Å². The molecule has 1 aromatic carbocycles. The molecule has 1 N–H and O–H groups in total. The maximum atomic E-state index is 9.42. The number of phenols is 1. The summed E-state index contributed by atoms with van der Waals surface area (Å²) in [4.78, 5) is 0. The summed E-state index contributed by atoms with van der Waals surface area (Å²) in [5.74, 6) is 0.322. The lowest BCUT2D eigenvalue weighted by Crippen LogP contribution is -2.25. The number of phenolic OH excluding ortho intramolecular Hbond substituents is 1. The summed E-state index contributed by atoms with van der Waals surface area (Å²) in [6.45, 7) is 14.4. The Hall–Kier alpha value is -1.33. The molecule has 0 saturated heterocycles. The Bertz CT molecular complexity index is 621. The van der Waals surface area contributed by atoms with Crippen molar-refractivity contribution in [3.05, 3.63) is 57.9 Å². The van der Waals surface area contributed by atoms with Gasteiger partial charge in [-0.25, -0.2) is 0 Å². The zero-order valence-electron chi connectivity index (χ0n) is 14.0. The van der Waals surface area contributed by atoms with Crippen LogP contribution in [0.5, 0.6) is 5.75 Å². The Morgan fingerprint density at radius 2 is 1.38 bits per heavy atom. The van der Waals surface area contributed by atoms with Gasteiger partial charge in [-0.3, -0.25) is 0 Å². The molecule has 0 fully saturated rings. The minimum absolute atomic E-state index is 0.322. The molecule has 2 rings (SSSR count). The predicted octanol–water partition coefficient (Wildman–Crippen LogP) is 5.40. The molecule has 0 aromatic heterocycles. The fourth-order valence-corrected chi connectivity index (χ4v) is 5.39. The quantitative estimate of drug-likeness (QED) is 0.741. The van der Waals surface area contributed by atoms with Crippen molar-refractivity contribution >= 4 is 22.2 Å². The number of aromatic hydroxyl groups is 1. The first-order chi connectivity index (χ1) is 9.57. The van der Waals surface area contributed by atoms with Crippen molar-refractivity contribution in [3.63, 3.8) is 0 Å². The van der Waals surface area contributed by atoms with Gasteiger partial charge in [0, 0.05) is 0 Å². The van der Waals surface area contributed by atoms with Crippen LogP contribution in [0.25, 0.3) is 6.08 Å². The third-order valence-electron chi connectivity index (χ3n) is 3.81. The summed E-state index contributed by atoms with van der Waals surface area (Å²) >= 11 is 0. The second kappa shape index (κ2) is 5.46. The lowest BCUT2D eigenvalue weighted by atomic mass is 10.1. The highest BCUT2D eigenvalue weighted by molar-refractivity contribution is 6.87. The summed E-state index contributed by atoms with van der Waals surface area (Å²) < 4.78 is 0. The molecular formula is C18H26OSi2. The molecule has 0 unspecified atom stereocenters. The number of benzene rings is 1. The molecule has 0 heterocycles. The second-order valence-electron chi connectivity index (χ2n) is 7.85. The van der Waals surface area contributed by atoms with E-state index >= 15 is 0 Å². The monoisotopic (exact) mass is 314 g/mol. The van der Waals surface area contributed by atoms with E-state index < -0.39 is 16.1 Å². The van der Waals surface area contributed by atoms with E-state index in [1.165, 1.54) is 5.57 Å². The molecule has 1 aromatic rings. The molecule has 1 aliphatic rings.